The number of carbonyl (C=O) groups is 3. The van der Waals surface area contributed by atoms with Crippen molar-refractivity contribution in [3.05, 3.63) is 59.7 Å². The van der Waals surface area contributed by atoms with Gasteiger partial charge in [-0.25, -0.2) is 5.43 Å². The van der Waals surface area contributed by atoms with Crippen LogP contribution < -0.4 is 25.5 Å². The molecule has 10 nitrogen and oxygen atoms in total. The number of amides is 3. The van der Waals surface area contributed by atoms with Gasteiger partial charge in [-0.2, -0.15) is 5.10 Å². The first kappa shape index (κ1) is 24.7. The highest BCUT2D eigenvalue weighted by atomic mass is 16.5. The van der Waals surface area contributed by atoms with Crippen LogP contribution >= 0.6 is 0 Å². The number of hydrogen-bond acceptors (Lipinski definition) is 7. The molecule has 10 heteroatoms. The molecule has 0 spiro atoms. The lowest BCUT2D eigenvalue weighted by atomic mass is 10.2. The summed E-state index contributed by atoms with van der Waals surface area (Å²) in [5.74, 6) is -0.661. The second kappa shape index (κ2) is 12.9. The van der Waals surface area contributed by atoms with Crippen molar-refractivity contribution in [1.82, 2.24) is 16.1 Å². The molecule has 0 aromatic heterocycles. The van der Waals surface area contributed by atoms with Crippen LogP contribution in [0.1, 0.15) is 24.0 Å². The summed E-state index contributed by atoms with van der Waals surface area (Å²) in [6.45, 7) is 1.34. The van der Waals surface area contributed by atoms with Crippen LogP contribution in [0.3, 0.4) is 0 Å². The third kappa shape index (κ3) is 8.21. The van der Waals surface area contributed by atoms with E-state index >= 15 is 0 Å². The predicted octanol–water partition coefficient (Wildman–Crippen LogP) is 1.14. The van der Waals surface area contributed by atoms with E-state index in [-0.39, 0.29) is 25.2 Å². The van der Waals surface area contributed by atoms with Gasteiger partial charge in [0.25, 0.3) is 5.91 Å². The van der Waals surface area contributed by atoms with Crippen LogP contribution in [0.2, 0.25) is 0 Å². The van der Waals surface area contributed by atoms with Crippen molar-refractivity contribution in [3.63, 3.8) is 0 Å². The summed E-state index contributed by atoms with van der Waals surface area (Å²) in [6.07, 6.45) is 3.46. The maximum absolute atomic E-state index is 11.9. The van der Waals surface area contributed by atoms with Gasteiger partial charge in [0.1, 0.15) is 11.5 Å². The molecule has 2 aromatic carbocycles. The van der Waals surface area contributed by atoms with Gasteiger partial charge in [0.2, 0.25) is 0 Å². The zero-order valence-electron chi connectivity index (χ0n) is 18.9. The molecule has 1 fully saturated rings. The first-order valence-corrected chi connectivity index (χ1v) is 10.9. The van der Waals surface area contributed by atoms with Gasteiger partial charge >= 0.3 is 11.8 Å². The molecule has 1 saturated heterocycles. The van der Waals surface area contributed by atoms with Crippen molar-refractivity contribution in [2.75, 3.05) is 26.9 Å². The maximum Gasteiger partial charge on any atom is 0.329 e. The lowest BCUT2D eigenvalue weighted by molar-refractivity contribution is -0.139. The summed E-state index contributed by atoms with van der Waals surface area (Å²) < 4.78 is 16.0. The zero-order valence-corrected chi connectivity index (χ0v) is 18.9. The smallest absolute Gasteiger partial charge is 0.329 e. The summed E-state index contributed by atoms with van der Waals surface area (Å²) >= 11 is 0. The number of ether oxygens (including phenoxy) is 3. The molecule has 3 rings (SSSR count). The molecular weight excluding hydrogens is 440 g/mol. The van der Waals surface area contributed by atoms with Gasteiger partial charge < -0.3 is 24.8 Å². The molecule has 180 valence electrons. The van der Waals surface area contributed by atoms with E-state index in [1.165, 1.54) is 6.21 Å². The van der Waals surface area contributed by atoms with E-state index < -0.39 is 11.8 Å². The van der Waals surface area contributed by atoms with Crippen LogP contribution in [0.15, 0.2) is 53.6 Å². The van der Waals surface area contributed by atoms with E-state index in [0.29, 0.717) is 23.6 Å². The summed E-state index contributed by atoms with van der Waals surface area (Å²) in [4.78, 5) is 35.6. The zero-order chi connectivity index (χ0) is 24.2. The van der Waals surface area contributed by atoms with E-state index in [9.17, 15) is 14.4 Å². The number of benzene rings is 2. The van der Waals surface area contributed by atoms with Gasteiger partial charge in [-0.15, -0.1) is 0 Å². The van der Waals surface area contributed by atoms with Crippen LogP contribution in [-0.2, 0) is 25.7 Å². The summed E-state index contributed by atoms with van der Waals surface area (Å²) in [5, 5.41) is 9.09. The number of hydrogen-bond donors (Lipinski definition) is 3. The fraction of sp³-hybridized carbons (Fsp3) is 0.333. The van der Waals surface area contributed by atoms with Crippen LogP contribution in [0.5, 0.6) is 11.5 Å². The molecule has 0 radical (unpaired) electrons. The Morgan fingerprint density at radius 1 is 1.03 bits per heavy atom. The average Bonchev–Trinajstić information content (AvgIpc) is 3.39. The highest BCUT2D eigenvalue weighted by Gasteiger charge is 2.16. The van der Waals surface area contributed by atoms with Crippen molar-refractivity contribution in [2.45, 2.75) is 25.5 Å². The summed E-state index contributed by atoms with van der Waals surface area (Å²) in [5.41, 5.74) is 3.68. The van der Waals surface area contributed by atoms with Gasteiger partial charge in [-0.05, 0) is 60.4 Å². The van der Waals surface area contributed by atoms with Crippen LogP contribution in [-0.4, -0.2) is 56.9 Å². The fourth-order valence-corrected chi connectivity index (χ4v) is 3.11. The molecule has 1 aliphatic heterocycles. The van der Waals surface area contributed by atoms with Crippen LogP contribution in [0.4, 0.5) is 0 Å². The van der Waals surface area contributed by atoms with E-state index in [2.05, 4.69) is 21.2 Å². The maximum atomic E-state index is 11.9. The lowest BCUT2D eigenvalue weighted by Gasteiger charge is -2.11. The summed E-state index contributed by atoms with van der Waals surface area (Å²) in [7, 11) is 1.57. The number of nitrogens with one attached hydrogen (secondary N) is 3. The van der Waals surface area contributed by atoms with E-state index in [4.69, 9.17) is 14.2 Å². The molecule has 0 unspecified atom stereocenters. The minimum atomic E-state index is -0.876. The number of carbonyl (C=O) groups excluding carboxylic acids is 3. The number of hydrazone groups is 1. The van der Waals surface area contributed by atoms with E-state index in [1.54, 1.807) is 55.6 Å². The molecule has 2 aromatic rings. The number of rotatable bonds is 10. The topological polar surface area (TPSA) is 127 Å². The minimum absolute atomic E-state index is 0.0857. The van der Waals surface area contributed by atoms with Crippen molar-refractivity contribution < 1.29 is 28.6 Å². The second-order valence-electron chi connectivity index (χ2n) is 7.53. The first-order valence-electron chi connectivity index (χ1n) is 10.9. The van der Waals surface area contributed by atoms with Gasteiger partial charge in [-0.1, -0.05) is 12.1 Å². The minimum Gasteiger partial charge on any atom is -0.497 e. The monoisotopic (exact) mass is 468 g/mol. The predicted molar refractivity (Wildman–Crippen MR) is 124 cm³/mol. The Morgan fingerprint density at radius 2 is 1.76 bits per heavy atom. The largest absolute Gasteiger partial charge is 0.497 e. The van der Waals surface area contributed by atoms with Gasteiger partial charge in [0.05, 0.1) is 19.4 Å². The van der Waals surface area contributed by atoms with Crippen molar-refractivity contribution in [2.24, 2.45) is 5.10 Å². The van der Waals surface area contributed by atoms with Gasteiger partial charge in [-0.3, -0.25) is 14.4 Å². The SMILES string of the molecule is COc1ccc(CNC(=O)C(=O)N/N=C\c2ccc(OCC(=O)NC[C@@H]3CCCO3)cc2)cc1. The Kier molecular flexibility index (Phi) is 9.41. The quantitative estimate of drug-likeness (QED) is 0.273. The van der Waals surface area contributed by atoms with Gasteiger partial charge in [0.15, 0.2) is 6.61 Å². The molecule has 0 saturated carbocycles. The van der Waals surface area contributed by atoms with Gasteiger partial charge in [0, 0.05) is 19.7 Å². The molecule has 3 amide bonds. The van der Waals surface area contributed by atoms with Crippen molar-refractivity contribution >= 4 is 23.9 Å². The molecule has 1 heterocycles. The van der Waals surface area contributed by atoms with Crippen molar-refractivity contribution in [3.8, 4) is 11.5 Å². The molecular formula is C24H28N4O6. The van der Waals surface area contributed by atoms with E-state index in [1.807, 2.05) is 0 Å². The molecule has 0 aliphatic carbocycles. The molecule has 3 N–H and O–H groups in total. The second-order valence-corrected chi connectivity index (χ2v) is 7.53. The number of methoxy groups -OCH3 is 1. The Morgan fingerprint density at radius 3 is 2.44 bits per heavy atom. The fourth-order valence-electron chi connectivity index (χ4n) is 3.11. The van der Waals surface area contributed by atoms with Crippen molar-refractivity contribution in [1.29, 1.82) is 0 Å². The third-order valence-electron chi connectivity index (χ3n) is 5.00. The standard InChI is InChI=1S/C24H28N4O6/c1-32-19-8-4-17(5-9-19)13-26-23(30)24(31)28-27-14-18-6-10-20(11-7-18)34-16-22(29)25-15-21-3-2-12-33-21/h4-11,14,21H,2-3,12-13,15-16H2,1H3,(H,25,29)(H,26,30)(H,28,31)/b27-14-/t21-/m0/s1. The number of nitrogens with zero attached hydrogens (tertiary/aromatic N) is 1. The van der Waals surface area contributed by atoms with E-state index in [0.717, 1.165) is 25.0 Å². The molecule has 34 heavy (non-hydrogen) atoms. The average molecular weight is 469 g/mol. The summed E-state index contributed by atoms with van der Waals surface area (Å²) in [6, 6.07) is 13.9. The molecule has 1 aliphatic rings. The Balaban J connectivity index is 1.34. The lowest BCUT2D eigenvalue weighted by Crippen LogP contribution is -2.37. The third-order valence-corrected chi connectivity index (χ3v) is 5.00. The highest BCUT2D eigenvalue weighted by molar-refractivity contribution is 6.35. The Labute approximate surface area is 197 Å². The van der Waals surface area contributed by atoms with Crippen LogP contribution in [0.25, 0.3) is 0 Å². The Hall–Kier alpha value is -3.92. The first-order chi connectivity index (χ1) is 16.5. The molecule has 1 atom stereocenters. The Bertz CT molecular complexity index is 986. The normalized spacial score (nSPS) is 15.0. The van der Waals surface area contributed by atoms with Crippen LogP contribution in [0, 0.1) is 0 Å². The highest BCUT2D eigenvalue weighted by Crippen LogP contribution is 2.12. The molecule has 0 bridgehead atoms.